The Kier molecular flexibility index (Phi) is 8.95. The summed E-state index contributed by atoms with van der Waals surface area (Å²) in [5, 5.41) is 16.7. The predicted octanol–water partition coefficient (Wildman–Crippen LogP) is 5.45. The normalized spacial score (nSPS) is 12.9. The lowest BCUT2D eigenvalue weighted by Gasteiger charge is -2.19. The molecule has 0 bridgehead atoms. The highest BCUT2D eigenvalue weighted by Gasteiger charge is 2.09. The van der Waals surface area contributed by atoms with E-state index >= 15 is 0 Å². The first-order valence-electron chi connectivity index (χ1n) is 9.29. The summed E-state index contributed by atoms with van der Waals surface area (Å²) in [6.45, 7) is 6.71. The second-order valence-electron chi connectivity index (χ2n) is 6.31. The lowest BCUT2D eigenvalue weighted by Crippen LogP contribution is -2.15. The largest absolute Gasteiger partial charge is 0.368 e. The number of allylic oxidation sites excluding steroid dienone is 2. The van der Waals surface area contributed by atoms with Crippen LogP contribution in [-0.4, -0.2) is 36.3 Å². The van der Waals surface area contributed by atoms with Crippen LogP contribution < -0.4 is 0 Å². The summed E-state index contributed by atoms with van der Waals surface area (Å²) in [6, 6.07) is 17.5. The van der Waals surface area contributed by atoms with E-state index in [9.17, 15) is 5.11 Å². The average molecular weight is 399 g/mol. The Morgan fingerprint density at radius 3 is 2.50 bits per heavy atom. The van der Waals surface area contributed by atoms with Gasteiger partial charge in [0.15, 0.2) is 6.29 Å². The first-order chi connectivity index (χ1) is 13.5. The fourth-order valence-electron chi connectivity index (χ4n) is 2.53. The van der Waals surface area contributed by atoms with Crippen LogP contribution in [0.3, 0.4) is 0 Å². The Hall–Kier alpha value is -2.40. The molecule has 0 radical (unpaired) electrons. The summed E-state index contributed by atoms with van der Waals surface area (Å²) in [7, 11) is 1.86. The maximum absolute atomic E-state index is 9.80. The van der Waals surface area contributed by atoms with Crippen LogP contribution in [0.1, 0.15) is 30.9 Å². The van der Waals surface area contributed by atoms with Gasteiger partial charge >= 0.3 is 0 Å². The van der Waals surface area contributed by atoms with Gasteiger partial charge in [-0.3, -0.25) is 5.01 Å². The molecule has 5 heteroatoms. The van der Waals surface area contributed by atoms with Gasteiger partial charge in [0, 0.05) is 31.3 Å². The molecule has 0 saturated heterocycles. The van der Waals surface area contributed by atoms with E-state index < -0.39 is 6.29 Å². The van der Waals surface area contributed by atoms with E-state index in [0.29, 0.717) is 18.1 Å². The van der Waals surface area contributed by atoms with Gasteiger partial charge in [0.1, 0.15) is 0 Å². The van der Waals surface area contributed by atoms with Crippen LogP contribution >= 0.6 is 11.6 Å². The van der Waals surface area contributed by atoms with Gasteiger partial charge in [-0.15, -0.1) is 0 Å². The molecule has 0 aliphatic carbocycles. The van der Waals surface area contributed by atoms with Crippen LogP contribution in [0.4, 0.5) is 0 Å². The maximum Gasteiger partial charge on any atom is 0.159 e. The van der Waals surface area contributed by atoms with E-state index in [2.05, 4.69) is 11.7 Å². The Bertz CT molecular complexity index is 801. The smallest absolute Gasteiger partial charge is 0.159 e. The van der Waals surface area contributed by atoms with Crippen molar-refractivity contribution in [2.45, 2.75) is 26.1 Å². The molecule has 2 aromatic rings. The molecule has 1 unspecified atom stereocenters. The molecule has 148 valence electrons. The fraction of sp³-hybridized carbons (Fsp3) is 0.261. The van der Waals surface area contributed by atoms with E-state index in [0.717, 1.165) is 28.8 Å². The molecule has 0 aliphatic heterocycles. The molecule has 0 aliphatic rings. The van der Waals surface area contributed by atoms with Crippen molar-refractivity contribution in [2.24, 2.45) is 5.10 Å². The molecule has 2 rings (SSSR count). The summed E-state index contributed by atoms with van der Waals surface area (Å²) in [5.74, 6) is 0. The van der Waals surface area contributed by atoms with Crippen molar-refractivity contribution in [3.8, 4) is 0 Å². The summed E-state index contributed by atoms with van der Waals surface area (Å²) in [6.07, 6.45) is 3.96. The first-order valence-corrected chi connectivity index (χ1v) is 9.67. The van der Waals surface area contributed by atoms with Crippen molar-refractivity contribution >= 4 is 29.1 Å². The molecular formula is C23H27ClN2O2. The van der Waals surface area contributed by atoms with Gasteiger partial charge in [-0.05, 0) is 41.3 Å². The van der Waals surface area contributed by atoms with E-state index in [1.807, 2.05) is 74.6 Å². The van der Waals surface area contributed by atoms with Gasteiger partial charge < -0.3 is 9.84 Å². The number of rotatable bonds is 10. The highest BCUT2D eigenvalue weighted by molar-refractivity contribution is 6.30. The number of hydrogen-bond acceptors (Lipinski definition) is 4. The summed E-state index contributed by atoms with van der Waals surface area (Å²) in [5.41, 5.74) is 3.74. The van der Waals surface area contributed by atoms with Crippen molar-refractivity contribution in [1.29, 1.82) is 0 Å². The summed E-state index contributed by atoms with van der Waals surface area (Å²) >= 11 is 6.04. The average Bonchev–Trinajstić information content (AvgIpc) is 2.71. The monoisotopic (exact) mass is 398 g/mol. The lowest BCUT2D eigenvalue weighted by molar-refractivity contribution is -0.0921. The Morgan fingerprint density at radius 2 is 1.86 bits per heavy atom. The third-order valence-electron chi connectivity index (χ3n) is 4.02. The van der Waals surface area contributed by atoms with Gasteiger partial charge in [0.25, 0.3) is 0 Å². The standard InChI is InChI=1S/C23H27ClN2O2/c1-4-16-28-23(27)14-15-25-26(3)22(20-10-12-21(24)13-11-20)17-18(2)19-8-6-5-7-9-19/h5-13,15,17,23,27H,2,4,14,16H2,1,3H3/b22-17-,25-15-. The van der Waals surface area contributed by atoms with Crippen molar-refractivity contribution in [3.05, 3.63) is 83.4 Å². The molecule has 0 saturated carbocycles. The van der Waals surface area contributed by atoms with Crippen LogP contribution in [0.15, 0.2) is 72.4 Å². The number of ether oxygens (including phenoxy) is 1. The van der Waals surface area contributed by atoms with Gasteiger partial charge in [0.2, 0.25) is 0 Å². The zero-order valence-corrected chi connectivity index (χ0v) is 17.1. The van der Waals surface area contributed by atoms with Crippen LogP contribution in [-0.2, 0) is 4.74 Å². The van der Waals surface area contributed by atoms with Crippen LogP contribution in [0.2, 0.25) is 5.02 Å². The number of nitrogens with zero attached hydrogens (tertiary/aromatic N) is 2. The number of aliphatic hydroxyl groups is 1. The quantitative estimate of drug-likeness (QED) is 0.250. The van der Waals surface area contributed by atoms with Crippen LogP contribution in [0.5, 0.6) is 0 Å². The molecule has 0 aromatic heterocycles. The minimum atomic E-state index is -0.848. The third kappa shape index (κ3) is 6.97. The van der Waals surface area contributed by atoms with E-state index in [-0.39, 0.29) is 0 Å². The first kappa shape index (κ1) is 21.9. The van der Waals surface area contributed by atoms with Crippen molar-refractivity contribution < 1.29 is 9.84 Å². The fourth-order valence-corrected chi connectivity index (χ4v) is 2.65. The van der Waals surface area contributed by atoms with Crippen molar-refractivity contribution in [2.75, 3.05) is 13.7 Å². The second kappa shape index (κ2) is 11.4. The Balaban J connectivity index is 2.21. The highest BCUT2D eigenvalue weighted by Crippen LogP contribution is 2.25. The topological polar surface area (TPSA) is 45.1 Å². The number of hydrogen-bond donors (Lipinski definition) is 1. The van der Waals surface area contributed by atoms with Crippen LogP contribution in [0.25, 0.3) is 11.3 Å². The zero-order chi connectivity index (χ0) is 20.4. The van der Waals surface area contributed by atoms with Crippen molar-refractivity contribution in [3.63, 3.8) is 0 Å². The Morgan fingerprint density at radius 1 is 1.18 bits per heavy atom. The zero-order valence-electron chi connectivity index (χ0n) is 16.4. The molecule has 1 atom stereocenters. The second-order valence-corrected chi connectivity index (χ2v) is 6.75. The molecule has 28 heavy (non-hydrogen) atoms. The lowest BCUT2D eigenvalue weighted by atomic mass is 10.0. The molecule has 0 amide bonds. The Labute approximate surface area is 172 Å². The molecule has 1 N–H and O–H groups in total. The van der Waals surface area contributed by atoms with Gasteiger partial charge in [-0.2, -0.15) is 5.10 Å². The molecule has 0 heterocycles. The molecule has 2 aromatic carbocycles. The van der Waals surface area contributed by atoms with Crippen molar-refractivity contribution in [1.82, 2.24) is 5.01 Å². The van der Waals surface area contributed by atoms with Gasteiger partial charge in [-0.25, -0.2) is 0 Å². The van der Waals surface area contributed by atoms with Gasteiger partial charge in [0.05, 0.1) is 5.70 Å². The number of benzene rings is 2. The number of halogens is 1. The number of hydrazone groups is 1. The van der Waals surface area contributed by atoms with E-state index in [4.69, 9.17) is 16.3 Å². The molecule has 4 nitrogen and oxygen atoms in total. The van der Waals surface area contributed by atoms with E-state index in [1.54, 1.807) is 11.2 Å². The minimum absolute atomic E-state index is 0.317. The third-order valence-corrected chi connectivity index (χ3v) is 4.27. The maximum atomic E-state index is 9.80. The van der Waals surface area contributed by atoms with Gasteiger partial charge in [-0.1, -0.05) is 67.6 Å². The number of aliphatic hydroxyl groups excluding tert-OH is 1. The predicted molar refractivity (Wildman–Crippen MR) is 118 cm³/mol. The molecule has 0 fully saturated rings. The van der Waals surface area contributed by atoms with Crippen LogP contribution in [0, 0.1) is 0 Å². The summed E-state index contributed by atoms with van der Waals surface area (Å²) < 4.78 is 5.26. The minimum Gasteiger partial charge on any atom is -0.368 e. The van der Waals surface area contributed by atoms with E-state index in [1.165, 1.54) is 0 Å². The molecular weight excluding hydrogens is 372 g/mol. The molecule has 0 spiro atoms. The summed E-state index contributed by atoms with van der Waals surface area (Å²) in [4.78, 5) is 0. The SMILES string of the molecule is C=C(/C=C(/c1ccc(Cl)cc1)N(C)/N=C\CC(O)OCCC)c1ccccc1. The highest BCUT2D eigenvalue weighted by atomic mass is 35.5.